The van der Waals surface area contributed by atoms with Gasteiger partial charge in [0.25, 0.3) is 0 Å². The number of ether oxygens (including phenoxy) is 1. The number of aryl methyl sites for hydroxylation is 1. The minimum Gasteiger partial charge on any atom is -0.497 e. The van der Waals surface area contributed by atoms with Crippen molar-refractivity contribution in [3.05, 3.63) is 51.2 Å². The number of halogens is 1. The molecule has 2 rings (SSSR count). The van der Waals surface area contributed by atoms with E-state index in [0.29, 0.717) is 12.8 Å². The van der Waals surface area contributed by atoms with Gasteiger partial charge in [-0.25, -0.2) is 0 Å². The fourth-order valence-corrected chi connectivity index (χ4v) is 2.92. The Hall–Kier alpha value is -1.32. The molecule has 0 N–H and O–H groups in total. The van der Waals surface area contributed by atoms with Gasteiger partial charge in [0.05, 0.1) is 11.4 Å². The van der Waals surface area contributed by atoms with Crippen molar-refractivity contribution >= 4 is 28.7 Å². The zero-order valence-corrected chi connectivity index (χ0v) is 12.3. The molecule has 1 heterocycles. The largest absolute Gasteiger partial charge is 0.497 e. The third kappa shape index (κ3) is 4.37. The van der Waals surface area contributed by atoms with E-state index in [0.717, 1.165) is 26.9 Å². The molecule has 0 aliphatic heterocycles. The van der Waals surface area contributed by atoms with E-state index in [1.807, 2.05) is 36.4 Å². The molecule has 0 amide bonds. The van der Waals surface area contributed by atoms with Crippen LogP contribution in [0, 0.1) is 0 Å². The summed E-state index contributed by atoms with van der Waals surface area (Å²) in [6, 6.07) is 11.6. The van der Waals surface area contributed by atoms with Crippen LogP contribution in [0.2, 0.25) is 4.34 Å². The number of benzene rings is 1. The highest BCUT2D eigenvalue weighted by atomic mass is 35.5. The summed E-state index contributed by atoms with van der Waals surface area (Å²) in [6.45, 7) is 0. The summed E-state index contributed by atoms with van der Waals surface area (Å²) in [7, 11) is 1.64. The summed E-state index contributed by atoms with van der Waals surface area (Å²) in [4.78, 5) is 12.9. The second-order valence-corrected chi connectivity index (χ2v) is 6.07. The van der Waals surface area contributed by atoms with Crippen LogP contribution < -0.4 is 4.74 Å². The van der Waals surface area contributed by atoms with E-state index < -0.39 is 0 Å². The smallest absolute Gasteiger partial charge is 0.138 e. The normalized spacial score (nSPS) is 10.4. The Morgan fingerprint density at radius 1 is 1.21 bits per heavy atom. The van der Waals surface area contributed by atoms with Crippen LogP contribution in [0.25, 0.3) is 0 Å². The number of carbonyl (C=O) groups is 1. The van der Waals surface area contributed by atoms with E-state index in [1.54, 1.807) is 7.11 Å². The molecule has 0 spiro atoms. The lowest BCUT2D eigenvalue weighted by Crippen LogP contribution is -2.03. The van der Waals surface area contributed by atoms with Crippen molar-refractivity contribution < 1.29 is 9.53 Å². The fraction of sp³-hybridized carbons (Fsp3) is 0.267. The second-order valence-electron chi connectivity index (χ2n) is 4.27. The number of hydrogen-bond donors (Lipinski definition) is 0. The van der Waals surface area contributed by atoms with E-state index in [9.17, 15) is 4.79 Å². The number of carbonyl (C=O) groups excluding carboxylic acids is 1. The standard InChI is InChI=1S/C15H15ClO2S/c1-18-13-6-3-11(4-7-13)2-5-12(17)10-14-8-9-15(16)19-14/h3-4,6-9H,2,5,10H2,1H3. The first-order valence-corrected chi connectivity index (χ1v) is 7.25. The SMILES string of the molecule is COc1ccc(CCC(=O)Cc2ccc(Cl)s2)cc1. The predicted molar refractivity (Wildman–Crippen MR) is 79.4 cm³/mol. The number of hydrogen-bond acceptors (Lipinski definition) is 3. The molecule has 19 heavy (non-hydrogen) atoms. The number of Topliss-reactive ketones (excluding diaryl/α,β-unsaturated/α-hetero) is 1. The maximum atomic E-state index is 11.9. The lowest BCUT2D eigenvalue weighted by atomic mass is 10.1. The highest BCUT2D eigenvalue weighted by Crippen LogP contribution is 2.22. The molecule has 0 saturated carbocycles. The Kier molecular flexibility index (Phi) is 5.00. The monoisotopic (exact) mass is 294 g/mol. The van der Waals surface area contributed by atoms with Gasteiger partial charge in [-0.3, -0.25) is 4.79 Å². The fourth-order valence-electron chi connectivity index (χ4n) is 1.81. The third-order valence-electron chi connectivity index (χ3n) is 2.85. The van der Waals surface area contributed by atoms with Crippen LogP contribution in [0.15, 0.2) is 36.4 Å². The molecule has 0 aliphatic rings. The van der Waals surface area contributed by atoms with Crippen LogP contribution in [0.5, 0.6) is 5.75 Å². The van der Waals surface area contributed by atoms with Crippen molar-refractivity contribution in [2.45, 2.75) is 19.3 Å². The van der Waals surface area contributed by atoms with Crippen LogP contribution in [0.4, 0.5) is 0 Å². The Morgan fingerprint density at radius 2 is 1.95 bits per heavy atom. The van der Waals surface area contributed by atoms with Crippen LogP contribution in [-0.4, -0.2) is 12.9 Å². The minimum absolute atomic E-state index is 0.245. The molecular weight excluding hydrogens is 280 g/mol. The van der Waals surface area contributed by atoms with Gasteiger partial charge in [0, 0.05) is 17.7 Å². The van der Waals surface area contributed by atoms with E-state index in [4.69, 9.17) is 16.3 Å². The second kappa shape index (κ2) is 6.73. The zero-order valence-electron chi connectivity index (χ0n) is 10.7. The Labute approximate surface area is 122 Å². The van der Waals surface area contributed by atoms with Gasteiger partial charge in [-0.15, -0.1) is 11.3 Å². The highest BCUT2D eigenvalue weighted by Gasteiger charge is 2.06. The zero-order chi connectivity index (χ0) is 13.7. The van der Waals surface area contributed by atoms with Crippen molar-refractivity contribution in [1.82, 2.24) is 0 Å². The molecule has 0 saturated heterocycles. The van der Waals surface area contributed by atoms with Crippen molar-refractivity contribution in [2.24, 2.45) is 0 Å². The molecule has 0 atom stereocenters. The van der Waals surface area contributed by atoms with Gasteiger partial charge in [-0.05, 0) is 36.2 Å². The van der Waals surface area contributed by atoms with Crippen molar-refractivity contribution in [3.8, 4) is 5.75 Å². The average molecular weight is 295 g/mol. The number of ketones is 1. The van der Waals surface area contributed by atoms with Crippen LogP contribution in [-0.2, 0) is 17.6 Å². The molecule has 2 aromatic rings. The van der Waals surface area contributed by atoms with Gasteiger partial charge in [-0.1, -0.05) is 23.7 Å². The van der Waals surface area contributed by atoms with Crippen LogP contribution in [0.1, 0.15) is 16.9 Å². The Bertz CT molecular complexity index is 546. The lowest BCUT2D eigenvalue weighted by molar-refractivity contribution is -0.118. The van der Waals surface area contributed by atoms with Crippen molar-refractivity contribution in [3.63, 3.8) is 0 Å². The van der Waals surface area contributed by atoms with E-state index in [-0.39, 0.29) is 5.78 Å². The van der Waals surface area contributed by atoms with Crippen molar-refractivity contribution in [1.29, 1.82) is 0 Å². The number of methoxy groups -OCH3 is 1. The molecule has 0 aliphatic carbocycles. The first kappa shape index (κ1) is 14.1. The summed E-state index contributed by atoms with van der Waals surface area (Å²) >= 11 is 7.31. The predicted octanol–water partition coefficient (Wildman–Crippen LogP) is 4.15. The van der Waals surface area contributed by atoms with E-state index >= 15 is 0 Å². The summed E-state index contributed by atoms with van der Waals surface area (Å²) in [5.74, 6) is 1.08. The minimum atomic E-state index is 0.245. The molecule has 1 aromatic heterocycles. The number of rotatable bonds is 6. The Balaban J connectivity index is 1.82. The van der Waals surface area contributed by atoms with Gasteiger partial charge < -0.3 is 4.74 Å². The lowest BCUT2D eigenvalue weighted by Gasteiger charge is -2.03. The van der Waals surface area contributed by atoms with E-state index in [2.05, 4.69) is 0 Å². The summed E-state index contributed by atoms with van der Waals surface area (Å²) in [5, 5.41) is 0. The van der Waals surface area contributed by atoms with Gasteiger partial charge >= 0.3 is 0 Å². The van der Waals surface area contributed by atoms with Gasteiger partial charge in [0.1, 0.15) is 11.5 Å². The van der Waals surface area contributed by atoms with Gasteiger partial charge in [0.2, 0.25) is 0 Å². The van der Waals surface area contributed by atoms with Crippen LogP contribution >= 0.6 is 22.9 Å². The average Bonchev–Trinajstić information content (AvgIpc) is 2.82. The highest BCUT2D eigenvalue weighted by molar-refractivity contribution is 7.16. The molecule has 1 aromatic carbocycles. The molecular formula is C15H15ClO2S. The third-order valence-corrected chi connectivity index (χ3v) is 4.08. The maximum absolute atomic E-state index is 11.9. The van der Waals surface area contributed by atoms with E-state index in [1.165, 1.54) is 11.3 Å². The Morgan fingerprint density at radius 3 is 2.53 bits per heavy atom. The molecule has 0 unspecified atom stereocenters. The maximum Gasteiger partial charge on any atom is 0.138 e. The summed E-state index contributed by atoms with van der Waals surface area (Å²) < 4.78 is 5.83. The van der Waals surface area contributed by atoms with Gasteiger partial charge in [0.15, 0.2) is 0 Å². The first-order chi connectivity index (χ1) is 9.17. The molecule has 0 bridgehead atoms. The first-order valence-electron chi connectivity index (χ1n) is 6.06. The quantitative estimate of drug-likeness (QED) is 0.800. The van der Waals surface area contributed by atoms with Crippen LogP contribution in [0.3, 0.4) is 0 Å². The summed E-state index contributed by atoms with van der Waals surface area (Å²) in [6.07, 6.45) is 1.80. The molecule has 100 valence electrons. The summed E-state index contributed by atoms with van der Waals surface area (Å²) in [5.41, 5.74) is 1.15. The molecule has 2 nitrogen and oxygen atoms in total. The van der Waals surface area contributed by atoms with Gasteiger partial charge in [-0.2, -0.15) is 0 Å². The molecule has 4 heteroatoms. The van der Waals surface area contributed by atoms with Crippen molar-refractivity contribution in [2.75, 3.05) is 7.11 Å². The topological polar surface area (TPSA) is 26.3 Å². The molecule has 0 radical (unpaired) electrons. The molecule has 0 fully saturated rings. The number of thiophene rings is 1.